The van der Waals surface area contributed by atoms with Gasteiger partial charge in [-0.05, 0) is 26.0 Å². The predicted molar refractivity (Wildman–Crippen MR) is 60.4 cm³/mol. The number of nitrogens with zero attached hydrogens (tertiary/aromatic N) is 2. The second kappa shape index (κ2) is 4.78. The molecule has 2 aromatic rings. The van der Waals surface area contributed by atoms with E-state index in [1.54, 1.807) is 32.2 Å². The maximum atomic E-state index is 11.5. The summed E-state index contributed by atoms with van der Waals surface area (Å²) >= 11 is 0. The molecule has 0 unspecified atom stereocenters. The molecule has 0 amide bonds. The molecule has 0 N–H and O–H groups in total. The highest BCUT2D eigenvalue weighted by atomic mass is 16.5. The lowest BCUT2D eigenvalue weighted by Gasteiger charge is -2.04. The fraction of sp³-hybridized carbons (Fsp3) is 0.250. The summed E-state index contributed by atoms with van der Waals surface area (Å²) in [6.07, 6.45) is 3.01. The highest BCUT2D eigenvalue weighted by Crippen LogP contribution is 2.16. The van der Waals surface area contributed by atoms with Crippen molar-refractivity contribution in [1.82, 2.24) is 9.97 Å². The highest BCUT2D eigenvalue weighted by Gasteiger charge is 2.14. The molecule has 0 bridgehead atoms. The maximum absolute atomic E-state index is 11.5. The third-order valence-corrected chi connectivity index (χ3v) is 2.22. The van der Waals surface area contributed by atoms with Gasteiger partial charge in [0.2, 0.25) is 0 Å². The number of hydrogen-bond acceptors (Lipinski definition) is 5. The molecule has 2 rings (SSSR count). The van der Waals surface area contributed by atoms with Crippen LogP contribution in [0.15, 0.2) is 29.0 Å². The fourth-order valence-corrected chi connectivity index (χ4v) is 1.40. The van der Waals surface area contributed by atoms with Crippen LogP contribution in [0.2, 0.25) is 0 Å². The lowest BCUT2D eigenvalue weighted by molar-refractivity contribution is 0.0524. The van der Waals surface area contributed by atoms with Crippen LogP contribution < -0.4 is 0 Å². The molecule has 0 aliphatic carbocycles. The highest BCUT2D eigenvalue weighted by molar-refractivity contribution is 5.90. The number of carbonyl (C=O) groups excluding carboxylic acids is 1. The lowest BCUT2D eigenvalue weighted by Crippen LogP contribution is -2.09. The average Bonchev–Trinajstić information content (AvgIpc) is 2.82. The molecule has 5 nitrogen and oxygen atoms in total. The van der Waals surface area contributed by atoms with Crippen molar-refractivity contribution < 1.29 is 13.9 Å². The van der Waals surface area contributed by atoms with E-state index in [0.717, 1.165) is 0 Å². The third-order valence-electron chi connectivity index (χ3n) is 2.22. The summed E-state index contributed by atoms with van der Waals surface area (Å²) in [6.45, 7) is 3.82. The molecule has 0 atom stereocenters. The number of rotatable bonds is 3. The van der Waals surface area contributed by atoms with Crippen molar-refractivity contribution in [2.45, 2.75) is 13.8 Å². The van der Waals surface area contributed by atoms with Gasteiger partial charge in [-0.2, -0.15) is 0 Å². The predicted octanol–water partition coefficient (Wildman–Crippen LogP) is 2.22. The van der Waals surface area contributed by atoms with Crippen LogP contribution in [-0.2, 0) is 4.74 Å². The molecule has 0 aliphatic heterocycles. The molecule has 0 radical (unpaired) electrons. The second-order valence-corrected chi connectivity index (χ2v) is 3.39. The van der Waals surface area contributed by atoms with Crippen molar-refractivity contribution >= 4 is 5.97 Å². The molecule has 0 saturated carbocycles. The van der Waals surface area contributed by atoms with Crippen molar-refractivity contribution in [3.8, 4) is 11.6 Å². The monoisotopic (exact) mass is 232 g/mol. The van der Waals surface area contributed by atoms with Gasteiger partial charge in [0.1, 0.15) is 0 Å². The van der Waals surface area contributed by atoms with Gasteiger partial charge in [0, 0.05) is 6.20 Å². The van der Waals surface area contributed by atoms with Crippen LogP contribution in [0.4, 0.5) is 0 Å². The van der Waals surface area contributed by atoms with Crippen LogP contribution in [-0.4, -0.2) is 22.5 Å². The van der Waals surface area contributed by atoms with E-state index >= 15 is 0 Å². The first-order valence-electron chi connectivity index (χ1n) is 5.27. The van der Waals surface area contributed by atoms with E-state index in [4.69, 9.17) is 9.15 Å². The van der Waals surface area contributed by atoms with Gasteiger partial charge in [-0.25, -0.2) is 14.8 Å². The van der Waals surface area contributed by atoms with Crippen LogP contribution in [0.1, 0.15) is 23.0 Å². The Balaban J connectivity index is 2.32. The van der Waals surface area contributed by atoms with Gasteiger partial charge in [-0.3, -0.25) is 0 Å². The van der Waals surface area contributed by atoms with Crippen molar-refractivity contribution in [3.05, 3.63) is 35.9 Å². The zero-order valence-electron chi connectivity index (χ0n) is 9.64. The van der Waals surface area contributed by atoms with Crippen molar-refractivity contribution in [2.75, 3.05) is 6.61 Å². The first-order valence-corrected chi connectivity index (χ1v) is 5.27. The van der Waals surface area contributed by atoms with E-state index < -0.39 is 5.97 Å². The van der Waals surface area contributed by atoms with Crippen molar-refractivity contribution in [3.63, 3.8) is 0 Å². The van der Waals surface area contributed by atoms with Crippen LogP contribution >= 0.6 is 0 Å². The van der Waals surface area contributed by atoms with Crippen LogP contribution in [0, 0.1) is 6.92 Å². The second-order valence-electron chi connectivity index (χ2n) is 3.39. The van der Waals surface area contributed by atoms with Crippen LogP contribution in [0.5, 0.6) is 0 Å². The summed E-state index contributed by atoms with van der Waals surface area (Å²) in [4.78, 5) is 19.8. The Hall–Kier alpha value is -2.17. The normalized spacial score (nSPS) is 10.2. The third kappa shape index (κ3) is 2.33. The molecule has 2 heterocycles. The average molecular weight is 232 g/mol. The summed E-state index contributed by atoms with van der Waals surface area (Å²) in [7, 11) is 0. The summed E-state index contributed by atoms with van der Waals surface area (Å²) in [5.74, 6) is 0.625. The van der Waals surface area contributed by atoms with Crippen LogP contribution in [0.3, 0.4) is 0 Å². The van der Waals surface area contributed by atoms with Gasteiger partial charge in [0.15, 0.2) is 11.6 Å². The van der Waals surface area contributed by atoms with Crippen molar-refractivity contribution in [1.29, 1.82) is 0 Å². The smallest absolute Gasteiger partial charge is 0.341 e. The van der Waals surface area contributed by atoms with Gasteiger partial charge in [0.25, 0.3) is 0 Å². The van der Waals surface area contributed by atoms with E-state index in [0.29, 0.717) is 29.4 Å². The Kier molecular flexibility index (Phi) is 3.18. The van der Waals surface area contributed by atoms with Gasteiger partial charge < -0.3 is 9.15 Å². The molecule has 88 valence electrons. The largest absolute Gasteiger partial charge is 0.462 e. The molecule has 5 heteroatoms. The molecular formula is C12H12N2O3. The Labute approximate surface area is 98.5 Å². The standard InChI is InChI=1S/C12H12N2O3/c1-3-16-12(15)9-7-13-11(14-8(9)2)10-5-4-6-17-10/h4-7H,3H2,1-2H3. The maximum Gasteiger partial charge on any atom is 0.341 e. The first-order chi connectivity index (χ1) is 8.22. The molecular weight excluding hydrogens is 220 g/mol. The molecule has 0 aromatic carbocycles. The molecule has 0 saturated heterocycles. The Morgan fingerprint density at radius 2 is 2.35 bits per heavy atom. The van der Waals surface area contributed by atoms with Gasteiger partial charge in [0.05, 0.1) is 24.1 Å². The molecule has 0 aliphatic rings. The topological polar surface area (TPSA) is 65.2 Å². The Morgan fingerprint density at radius 3 is 2.94 bits per heavy atom. The Morgan fingerprint density at radius 1 is 1.53 bits per heavy atom. The van der Waals surface area contributed by atoms with E-state index in [2.05, 4.69) is 9.97 Å². The van der Waals surface area contributed by atoms with Gasteiger partial charge in [-0.15, -0.1) is 0 Å². The minimum Gasteiger partial charge on any atom is -0.462 e. The number of ether oxygens (including phenoxy) is 1. The zero-order chi connectivity index (χ0) is 12.3. The number of aromatic nitrogens is 2. The summed E-state index contributed by atoms with van der Waals surface area (Å²) in [6, 6.07) is 3.52. The minimum atomic E-state index is -0.406. The minimum absolute atomic E-state index is 0.332. The van der Waals surface area contributed by atoms with Crippen LogP contribution in [0.25, 0.3) is 11.6 Å². The quantitative estimate of drug-likeness (QED) is 0.759. The van der Waals surface area contributed by atoms with Gasteiger partial charge >= 0.3 is 5.97 Å². The number of esters is 1. The number of aryl methyl sites for hydroxylation is 1. The number of hydrogen-bond donors (Lipinski definition) is 0. The number of furan rings is 1. The molecule has 17 heavy (non-hydrogen) atoms. The number of carbonyl (C=O) groups is 1. The molecule has 2 aromatic heterocycles. The lowest BCUT2D eigenvalue weighted by atomic mass is 10.2. The summed E-state index contributed by atoms with van der Waals surface area (Å²) < 4.78 is 10.1. The SMILES string of the molecule is CCOC(=O)c1cnc(-c2ccco2)nc1C. The van der Waals surface area contributed by atoms with Gasteiger partial charge in [-0.1, -0.05) is 0 Å². The summed E-state index contributed by atoms with van der Waals surface area (Å²) in [5, 5.41) is 0. The zero-order valence-corrected chi connectivity index (χ0v) is 9.64. The molecule has 0 fully saturated rings. The Bertz CT molecular complexity index is 521. The van der Waals surface area contributed by atoms with E-state index in [9.17, 15) is 4.79 Å². The van der Waals surface area contributed by atoms with Crippen molar-refractivity contribution in [2.24, 2.45) is 0 Å². The van der Waals surface area contributed by atoms with E-state index in [-0.39, 0.29) is 0 Å². The first kappa shape index (κ1) is 11.3. The van der Waals surface area contributed by atoms with E-state index in [1.165, 1.54) is 6.20 Å². The summed E-state index contributed by atoms with van der Waals surface area (Å²) in [5.41, 5.74) is 0.951. The van der Waals surface area contributed by atoms with E-state index in [1.807, 2.05) is 0 Å². The molecule has 0 spiro atoms. The fourth-order valence-electron chi connectivity index (χ4n) is 1.40.